The molecule has 0 unspecified atom stereocenters. The van der Waals surface area contributed by atoms with E-state index in [1.54, 1.807) is 0 Å². The molecule has 1 aliphatic rings. The van der Waals surface area contributed by atoms with E-state index in [2.05, 4.69) is 206 Å². The molecule has 0 radical (unpaired) electrons. The molecule has 56 heavy (non-hydrogen) atoms. The second-order valence-corrected chi connectivity index (χ2v) is 14.4. The van der Waals surface area contributed by atoms with Crippen LogP contribution in [-0.4, -0.2) is 5.71 Å². The highest BCUT2D eigenvalue weighted by Gasteiger charge is 2.19. The number of aliphatic imine (C=N–C) groups is 1. The zero-order valence-corrected chi connectivity index (χ0v) is 30.4. The normalized spacial score (nSPS) is 13.0. The molecule has 2 nitrogen and oxygen atoms in total. The van der Waals surface area contributed by atoms with Crippen molar-refractivity contribution in [1.29, 1.82) is 0 Å². The molecule has 1 aliphatic heterocycles. The summed E-state index contributed by atoms with van der Waals surface area (Å²) in [6.07, 6.45) is 4.32. The Morgan fingerprint density at radius 1 is 0.393 bits per heavy atom. The lowest BCUT2D eigenvalue weighted by atomic mass is 9.92. The number of allylic oxidation sites excluding steroid dienone is 3. The van der Waals surface area contributed by atoms with Crippen molar-refractivity contribution in [3.05, 3.63) is 223 Å². The Hall–Kier alpha value is -7.51. The van der Waals surface area contributed by atoms with Crippen LogP contribution >= 0.6 is 0 Å². The fraction of sp³-hybridized carbons (Fsp3) is 0. The molecule has 10 aromatic rings. The molecule has 11 rings (SSSR count). The molecule has 0 bridgehead atoms. The lowest BCUT2D eigenvalue weighted by molar-refractivity contribution is 0.669. The number of furan rings is 1. The van der Waals surface area contributed by atoms with Gasteiger partial charge >= 0.3 is 0 Å². The summed E-state index contributed by atoms with van der Waals surface area (Å²) >= 11 is 0. The largest absolute Gasteiger partial charge is 0.456 e. The number of rotatable bonds is 5. The van der Waals surface area contributed by atoms with Crippen LogP contribution in [-0.2, 0) is 0 Å². The smallest absolute Gasteiger partial charge is 0.136 e. The van der Waals surface area contributed by atoms with Crippen LogP contribution in [0.5, 0.6) is 0 Å². The zero-order valence-electron chi connectivity index (χ0n) is 30.4. The lowest BCUT2D eigenvalue weighted by Crippen LogP contribution is -1.99. The van der Waals surface area contributed by atoms with Gasteiger partial charge in [-0.25, -0.2) is 4.99 Å². The van der Waals surface area contributed by atoms with Crippen LogP contribution in [0.3, 0.4) is 0 Å². The van der Waals surface area contributed by atoms with E-state index in [1.165, 1.54) is 43.4 Å². The van der Waals surface area contributed by atoms with Crippen molar-refractivity contribution in [3.63, 3.8) is 0 Å². The van der Waals surface area contributed by atoms with Gasteiger partial charge in [0.05, 0.1) is 5.71 Å². The van der Waals surface area contributed by atoms with E-state index in [9.17, 15) is 0 Å². The summed E-state index contributed by atoms with van der Waals surface area (Å²) in [5.41, 5.74) is 15.8. The maximum atomic E-state index is 6.62. The van der Waals surface area contributed by atoms with Crippen molar-refractivity contribution < 1.29 is 4.42 Å². The van der Waals surface area contributed by atoms with E-state index in [0.29, 0.717) is 0 Å². The fourth-order valence-corrected chi connectivity index (χ4v) is 8.31. The lowest BCUT2D eigenvalue weighted by Gasteiger charge is -2.10. The minimum atomic E-state index is 0.789. The van der Waals surface area contributed by atoms with Crippen molar-refractivity contribution in [1.82, 2.24) is 0 Å². The molecule has 260 valence electrons. The van der Waals surface area contributed by atoms with E-state index >= 15 is 0 Å². The molecule has 0 saturated heterocycles. The molecule has 9 aromatic carbocycles. The Balaban J connectivity index is 1.13. The van der Waals surface area contributed by atoms with Crippen LogP contribution in [0.4, 0.5) is 0 Å². The average molecular weight is 712 g/mol. The van der Waals surface area contributed by atoms with Crippen LogP contribution in [0.2, 0.25) is 0 Å². The highest BCUT2D eigenvalue weighted by atomic mass is 16.3. The summed E-state index contributed by atoms with van der Waals surface area (Å²) in [5.74, 6) is 0. The number of hydrogen-bond acceptors (Lipinski definition) is 2. The predicted octanol–water partition coefficient (Wildman–Crippen LogP) is 14.5. The SMILES string of the molecule is C1=CC(c2cccc3oc4cccc(-c5cccc(-c6ccccc6)c5)c4c23)=CC(c2ccc3ccccc3c2)=NC=1c1ccc2ccc3ccccc3c2c1. The number of benzene rings is 9. The van der Waals surface area contributed by atoms with Gasteiger partial charge in [-0.15, -0.1) is 0 Å². The Morgan fingerprint density at radius 3 is 1.88 bits per heavy atom. The minimum absolute atomic E-state index is 0.789. The van der Waals surface area contributed by atoms with Crippen LogP contribution in [0.15, 0.2) is 215 Å². The second kappa shape index (κ2) is 13.1. The van der Waals surface area contributed by atoms with E-state index in [4.69, 9.17) is 9.41 Å². The van der Waals surface area contributed by atoms with Crippen LogP contribution in [0, 0.1) is 0 Å². The van der Waals surface area contributed by atoms with Gasteiger partial charge in [-0.1, -0.05) is 163 Å². The molecule has 0 saturated carbocycles. The quantitative estimate of drug-likeness (QED) is 0.129. The van der Waals surface area contributed by atoms with E-state index in [0.717, 1.165) is 66.7 Å². The summed E-state index contributed by atoms with van der Waals surface area (Å²) in [4.78, 5) is 5.41. The predicted molar refractivity (Wildman–Crippen MR) is 236 cm³/mol. The van der Waals surface area contributed by atoms with E-state index in [-0.39, 0.29) is 0 Å². The maximum Gasteiger partial charge on any atom is 0.136 e. The average Bonchev–Trinajstić information content (AvgIpc) is 3.51. The molecule has 0 aliphatic carbocycles. The van der Waals surface area contributed by atoms with E-state index in [1.807, 2.05) is 0 Å². The van der Waals surface area contributed by atoms with Crippen molar-refractivity contribution >= 4 is 71.2 Å². The molecule has 0 fully saturated rings. The first-order valence-electron chi connectivity index (χ1n) is 19.0. The molecule has 2 heterocycles. The van der Waals surface area contributed by atoms with Gasteiger partial charge in [0.15, 0.2) is 0 Å². The van der Waals surface area contributed by atoms with Gasteiger partial charge in [0, 0.05) is 21.9 Å². The number of nitrogens with zero attached hydrogens (tertiary/aromatic N) is 1. The second-order valence-electron chi connectivity index (χ2n) is 14.4. The first-order valence-corrected chi connectivity index (χ1v) is 19.0. The third-order valence-corrected chi connectivity index (χ3v) is 11.1. The van der Waals surface area contributed by atoms with Gasteiger partial charge in [0.1, 0.15) is 16.9 Å². The molecular weight excluding hydrogens is 679 g/mol. The Morgan fingerprint density at radius 2 is 1.02 bits per heavy atom. The third-order valence-electron chi connectivity index (χ3n) is 11.1. The highest BCUT2D eigenvalue weighted by Crippen LogP contribution is 2.42. The summed E-state index contributed by atoms with van der Waals surface area (Å²) in [7, 11) is 0. The standard InChI is InChI=1S/C54H33NO/c1-2-11-35(12-3-1)40-16-8-17-41(31-40)46-19-9-21-51-53(46)54-47(20-10-22-52(54)56-51)42-29-30-49(55-50(34-42)43-27-23-36-13-4-5-15-39(36)32-43)44-28-26-38-25-24-37-14-6-7-18-45(37)48(38)33-44/h1-29,31-34H. The minimum Gasteiger partial charge on any atom is -0.456 e. The van der Waals surface area contributed by atoms with Gasteiger partial charge in [0.25, 0.3) is 0 Å². The van der Waals surface area contributed by atoms with Crippen molar-refractivity contribution in [2.24, 2.45) is 4.99 Å². The Kier molecular flexibility index (Phi) is 7.48. The molecule has 0 amide bonds. The Labute approximate surface area is 324 Å². The van der Waals surface area contributed by atoms with Crippen LogP contribution < -0.4 is 0 Å². The summed E-state index contributed by atoms with van der Waals surface area (Å²) in [6.45, 7) is 0. The summed E-state index contributed by atoms with van der Waals surface area (Å²) in [6, 6.07) is 66.8. The van der Waals surface area contributed by atoms with Crippen LogP contribution in [0.25, 0.3) is 87.8 Å². The Bertz CT molecular complexity index is 3330. The number of hydrogen-bond donors (Lipinski definition) is 0. The topological polar surface area (TPSA) is 25.5 Å². The van der Waals surface area contributed by atoms with Gasteiger partial charge in [-0.05, 0) is 108 Å². The molecule has 0 atom stereocenters. The first kappa shape index (κ1) is 32.0. The van der Waals surface area contributed by atoms with E-state index < -0.39 is 0 Å². The summed E-state index contributed by atoms with van der Waals surface area (Å²) < 4.78 is 6.62. The van der Waals surface area contributed by atoms with Gasteiger partial charge in [0.2, 0.25) is 0 Å². The van der Waals surface area contributed by atoms with Gasteiger partial charge in [-0.2, -0.15) is 0 Å². The summed E-state index contributed by atoms with van der Waals surface area (Å²) in [5, 5.41) is 9.39. The molecule has 2 heteroatoms. The van der Waals surface area contributed by atoms with Crippen LogP contribution in [0.1, 0.15) is 16.7 Å². The van der Waals surface area contributed by atoms with Crippen molar-refractivity contribution in [3.8, 4) is 22.3 Å². The maximum absolute atomic E-state index is 6.62. The molecule has 0 N–H and O–H groups in total. The molecular formula is C54H33NO. The zero-order chi connectivity index (χ0) is 37.0. The van der Waals surface area contributed by atoms with Crippen molar-refractivity contribution in [2.75, 3.05) is 0 Å². The highest BCUT2D eigenvalue weighted by molar-refractivity contribution is 6.21. The molecule has 1 aromatic heterocycles. The fourth-order valence-electron chi connectivity index (χ4n) is 8.31. The van der Waals surface area contributed by atoms with Gasteiger partial charge in [-0.3, -0.25) is 0 Å². The molecule has 0 spiro atoms. The van der Waals surface area contributed by atoms with Crippen molar-refractivity contribution in [2.45, 2.75) is 0 Å². The third kappa shape index (κ3) is 5.48. The first-order chi connectivity index (χ1) is 27.7. The monoisotopic (exact) mass is 711 g/mol. The number of fused-ring (bicyclic) bond motifs is 7. The van der Waals surface area contributed by atoms with Gasteiger partial charge < -0.3 is 4.42 Å².